The van der Waals surface area contributed by atoms with E-state index in [0.717, 1.165) is 35.1 Å². The van der Waals surface area contributed by atoms with Crippen LogP contribution < -0.4 is 0 Å². The predicted octanol–water partition coefficient (Wildman–Crippen LogP) is 4.96. The molecule has 2 heteroatoms. The summed E-state index contributed by atoms with van der Waals surface area (Å²) in [6.45, 7) is 0. The van der Waals surface area contributed by atoms with Crippen molar-refractivity contribution in [2.24, 2.45) is 23.2 Å². The van der Waals surface area contributed by atoms with E-state index in [1.54, 1.807) is 0 Å². The lowest BCUT2D eigenvalue weighted by atomic mass is 9.48. The Morgan fingerprint density at radius 2 is 1.62 bits per heavy atom. The summed E-state index contributed by atoms with van der Waals surface area (Å²) in [5.74, 6) is 2.94. The summed E-state index contributed by atoms with van der Waals surface area (Å²) < 4.78 is 1.13. The van der Waals surface area contributed by atoms with Crippen molar-refractivity contribution in [2.45, 2.75) is 57.5 Å². The number of benzene rings is 1. The molecule has 4 saturated carbocycles. The minimum absolute atomic E-state index is 0.181. The van der Waals surface area contributed by atoms with Crippen molar-refractivity contribution in [3.8, 4) is 0 Å². The standard InChI is InChI=1S/C19H25BrO/c20-18-4-2-1-3-16(18)8-17(21)12-19-9-13-5-14(10-19)7-15(6-13)11-19/h1-4,13-15,17,21H,5-12H2. The molecule has 1 aromatic carbocycles. The maximum atomic E-state index is 10.7. The van der Waals surface area contributed by atoms with Crippen LogP contribution in [0.2, 0.25) is 0 Å². The highest BCUT2D eigenvalue weighted by Gasteiger charge is 2.51. The molecule has 4 bridgehead atoms. The molecular formula is C19H25BrO. The average Bonchev–Trinajstić information content (AvgIpc) is 2.39. The summed E-state index contributed by atoms with van der Waals surface area (Å²) in [6.07, 6.45) is 10.3. The van der Waals surface area contributed by atoms with Gasteiger partial charge in [0.1, 0.15) is 0 Å². The Kier molecular flexibility index (Phi) is 3.66. The molecule has 4 aliphatic rings. The Labute approximate surface area is 136 Å². The molecule has 5 rings (SSSR count). The van der Waals surface area contributed by atoms with E-state index in [1.807, 2.05) is 6.07 Å². The number of aliphatic hydroxyl groups excluding tert-OH is 1. The molecule has 0 saturated heterocycles. The predicted molar refractivity (Wildman–Crippen MR) is 89.1 cm³/mol. The third-order valence-electron chi connectivity index (χ3n) is 6.25. The van der Waals surface area contributed by atoms with Gasteiger partial charge < -0.3 is 5.11 Å². The molecule has 4 aliphatic carbocycles. The van der Waals surface area contributed by atoms with Gasteiger partial charge in [0.25, 0.3) is 0 Å². The maximum absolute atomic E-state index is 10.7. The fourth-order valence-corrected chi connectivity index (χ4v) is 6.48. The first-order chi connectivity index (χ1) is 10.1. The summed E-state index contributed by atoms with van der Waals surface area (Å²) >= 11 is 3.61. The molecule has 0 aromatic heterocycles. The van der Waals surface area contributed by atoms with Crippen molar-refractivity contribution in [3.05, 3.63) is 34.3 Å². The van der Waals surface area contributed by atoms with Crippen LogP contribution in [-0.2, 0) is 6.42 Å². The van der Waals surface area contributed by atoms with Crippen molar-refractivity contribution in [2.75, 3.05) is 0 Å². The first kappa shape index (κ1) is 14.3. The molecule has 1 N–H and O–H groups in total. The van der Waals surface area contributed by atoms with E-state index in [9.17, 15) is 5.11 Å². The lowest BCUT2D eigenvalue weighted by molar-refractivity contribution is -0.0756. The minimum atomic E-state index is -0.181. The van der Waals surface area contributed by atoms with E-state index in [1.165, 1.54) is 44.1 Å². The number of halogens is 1. The number of aliphatic hydroxyl groups is 1. The van der Waals surface area contributed by atoms with Gasteiger partial charge in [-0.15, -0.1) is 0 Å². The van der Waals surface area contributed by atoms with Gasteiger partial charge in [-0.25, -0.2) is 0 Å². The Bertz CT molecular complexity index is 489. The third-order valence-corrected chi connectivity index (χ3v) is 7.02. The van der Waals surface area contributed by atoms with Crippen LogP contribution in [0.3, 0.4) is 0 Å². The van der Waals surface area contributed by atoms with Gasteiger partial charge in [-0.2, -0.15) is 0 Å². The molecular weight excluding hydrogens is 324 g/mol. The van der Waals surface area contributed by atoms with Crippen LogP contribution in [0.1, 0.15) is 50.5 Å². The maximum Gasteiger partial charge on any atom is 0.0586 e. The monoisotopic (exact) mass is 348 g/mol. The summed E-state index contributed by atoms with van der Waals surface area (Å²) in [5, 5.41) is 10.7. The van der Waals surface area contributed by atoms with Crippen LogP contribution in [0.4, 0.5) is 0 Å². The molecule has 1 atom stereocenters. The van der Waals surface area contributed by atoms with Crippen molar-refractivity contribution in [1.82, 2.24) is 0 Å². The van der Waals surface area contributed by atoms with Crippen molar-refractivity contribution < 1.29 is 5.11 Å². The molecule has 0 amide bonds. The highest BCUT2D eigenvalue weighted by molar-refractivity contribution is 9.10. The molecule has 114 valence electrons. The first-order valence-corrected chi connectivity index (χ1v) is 9.33. The topological polar surface area (TPSA) is 20.2 Å². The lowest BCUT2D eigenvalue weighted by Gasteiger charge is -2.57. The highest BCUT2D eigenvalue weighted by atomic mass is 79.9. The smallest absolute Gasteiger partial charge is 0.0586 e. The molecule has 0 spiro atoms. The molecule has 0 aliphatic heterocycles. The quantitative estimate of drug-likeness (QED) is 0.815. The van der Waals surface area contributed by atoms with E-state index in [2.05, 4.69) is 34.1 Å². The fraction of sp³-hybridized carbons (Fsp3) is 0.684. The van der Waals surface area contributed by atoms with Gasteiger partial charge in [-0.1, -0.05) is 34.1 Å². The number of hydrogen-bond donors (Lipinski definition) is 1. The zero-order valence-corrected chi connectivity index (χ0v) is 14.2. The Hall–Kier alpha value is -0.340. The summed E-state index contributed by atoms with van der Waals surface area (Å²) in [4.78, 5) is 0. The zero-order chi connectivity index (χ0) is 14.4. The molecule has 1 aromatic rings. The lowest BCUT2D eigenvalue weighted by Crippen LogP contribution is -2.47. The van der Waals surface area contributed by atoms with Crippen LogP contribution in [0, 0.1) is 23.2 Å². The normalized spacial score (nSPS) is 38.7. The van der Waals surface area contributed by atoms with Crippen molar-refractivity contribution in [3.63, 3.8) is 0 Å². The minimum Gasteiger partial charge on any atom is -0.393 e. The Morgan fingerprint density at radius 3 is 2.19 bits per heavy atom. The van der Waals surface area contributed by atoms with Gasteiger partial charge in [-0.05, 0) is 86.2 Å². The van der Waals surface area contributed by atoms with Gasteiger partial charge in [0, 0.05) is 4.47 Å². The van der Waals surface area contributed by atoms with E-state index in [-0.39, 0.29) is 6.10 Å². The van der Waals surface area contributed by atoms with Crippen molar-refractivity contribution >= 4 is 15.9 Å². The molecule has 1 nitrogen and oxygen atoms in total. The van der Waals surface area contributed by atoms with Crippen LogP contribution in [0.25, 0.3) is 0 Å². The second kappa shape index (κ2) is 5.38. The van der Waals surface area contributed by atoms with Crippen LogP contribution >= 0.6 is 15.9 Å². The van der Waals surface area contributed by atoms with E-state index >= 15 is 0 Å². The van der Waals surface area contributed by atoms with E-state index in [4.69, 9.17) is 0 Å². The summed E-state index contributed by atoms with van der Waals surface area (Å²) in [5.41, 5.74) is 1.73. The SMILES string of the molecule is OC(Cc1ccccc1Br)CC12CC3CC(CC(C3)C1)C2. The average molecular weight is 349 g/mol. The summed E-state index contributed by atoms with van der Waals surface area (Å²) in [7, 11) is 0. The molecule has 21 heavy (non-hydrogen) atoms. The first-order valence-electron chi connectivity index (χ1n) is 8.53. The fourth-order valence-electron chi connectivity index (χ4n) is 6.03. The van der Waals surface area contributed by atoms with Gasteiger partial charge >= 0.3 is 0 Å². The van der Waals surface area contributed by atoms with Gasteiger partial charge in [0.15, 0.2) is 0 Å². The largest absolute Gasteiger partial charge is 0.393 e. The third kappa shape index (κ3) is 2.82. The van der Waals surface area contributed by atoms with Gasteiger partial charge in [-0.3, -0.25) is 0 Å². The Morgan fingerprint density at radius 1 is 1.05 bits per heavy atom. The van der Waals surface area contributed by atoms with Gasteiger partial charge in [0.05, 0.1) is 6.10 Å². The molecule has 0 heterocycles. The second-order valence-electron chi connectivity index (χ2n) is 8.07. The van der Waals surface area contributed by atoms with Crippen LogP contribution in [0.15, 0.2) is 28.7 Å². The summed E-state index contributed by atoms with van der Waals surface area (Å²) in [6, 6.07) is 8.32. The van der Waals surface area contributed by atoms with Crippen LogP contribution in [0.5, 0.6) is 0 Å². The van der Waals surface area contributed by atoms with Crippen molar-refractivity contribution in [1.29, 1.82) is 0 Å². The highest BCUT2D eigenvalue weighted by Crippen LogP contribution is 2.61. The number of rotatable bonds is 4. The van der Waals surface area contributed by atoms with Gasteiger partial charge in [0.2, 0.25) is 0 Å². The van der Waals surface area contributed by atoms with E-state index < -0.39 is 0 Å². The molecule has 1 unspecified atom stereocenters. The van der Waals surface area contributed by atoms with E-state index in [0.29, 0.717) is 5.41 Å². The molecule has 0 radical (unpaired) electrons. The zero-order valence-electron chi connectivity index (χ0n) is 12.6. The second-order valence-corrected chi connectivity index (χ2v) is 8.93. The molecule has 4 fully saturated rings. The Balaban J connectivity index is 1.45. The number of hydrogen-bond acceptors (Lipinski definition) is 1. The van der Waals surface area contributed by atoms with Crippen LogP contribution in [-0.4, -0.2) is 11.2 Å².